The summed E-state index contributed by atoms with van der Waals surface area (Å²) in [5.41, 5.74) is 0.813. The van der Waals surface area contributed by atoms with Gasteiger partial charge < -0.3 is 14.6 Å². The van der Waals surface area contributed by atoms with Crippen molar-refractivity contribution in [3.63, 3.8) is 0 Å². The minimum Gasteiger partial charge on any atom is -0.496 e. The molecule has 1 N–H and O–H groups in total. The largest absolute Gasteiger partial charge is 0.496 e. The molecule has 0 fully saturated rings. The van der Waals surface area contributed by atoms with E-state index in [1.54, 1.807) is 13.3 Å². The highest BCUT2D eigenvalue weighted by Crippen LogP contribution is 2.27. The zero-order chi connectivity index (χ0) is 16.9. The van der Waals surface area contributed by atoms with Gasteiger partial charge in [-0.25, -0.2) is 0 Å². The fraction of sp³-hybridized carbons (Fsp3) is 0.353. The molecular weight excluding hydrogens is 306 g/mol. The first-order chi connectivity index (χ1) is 11.7. The minimum absolute atomic E-state index is 0.200. The molecule has 7 nitrogen and oxygen atoms in total. The third-order valence-electron chi connectivity index (χ3n) is 4.06. The van der Waals surface area contributed by atoms with E-state index in [2.05, 4.69) is 34.4 Å². The maximum Gasteiger partial charge on any atom is 0.240 e. The SMILES string of the molecule is COc1ccccc1-c1noc(CNC(C)C(C)n2cccn2)n1. The first-order valence-electron chi connectivity index (χ1n) is 7.87. The van der Waals surface area contributed by atoms with Gasteiger partial charge in [0, 0.05) is 18.4 Å². The molecule has 3 rings (SSSR count). The van der Waals surface area contributed by atoms with Gasteiger partial charge in [0.1, 0.15) is 5.75 Å². The van der Waals surface area contributed by atoms with E-state index in [0.29, 0.717) is 18.3 Å². The summed E-state index contributed by atoms with van der Waals surface area (Å²) < 4.78 is 12.6. The number of hydrogen-bond donors (Lipinski definition) is 1. The van der Waals surface area contributed by atoms with Crippen LogP contribution < -0.4 is 10.1 Å². The smallest absolute Gasteiger partial charge is 0.240 e. The Balaban J connectivity index is 1.64. The van der Waals surface area contributed by atoms with Gasteiger partial charge in [-0.05, 0) is 32.0 Å². The van der Waals surface area contributed by atoms with Crippen molar-refractivity contribution >= 4 is 0 Å². The van der Waals surface area contributed by atoms with Gasteiger partial charge in [-0.3, -0.25) is 4.68 Å². The lowest BCUT2D eigenvalue weighted by molar-refractivity contribution is 0.325. The molecule has 3 aromatic rings. The number of methoxy groups -OCH3 is 1. The van der Waals surface area contributed by atoms with E-state index in [-0.39, 0.29) is 12.1 Å². The normalized spacial score (nSPS) is 13.6. The Labute approximate surface area is 140 Å². The van der Waals surface area contributed by atoms with Crippen molar-refractivity contribution in [2.45, 2.75) is 32.5 Å². The number of ether oxygens (including phenoxy) is 1. The van der Waals surface area contributed by atoms with Crippen molar-refractivity contribution in [1.82, 2.24) is 25.2 Å². The molecule has 24 heavy (non-hydrogen) atoms. The van der Waals surface area contributed by atoms with E-state index >= 15 is 0 Å². The van der Waals surface area contributed by atoms with Crippen LogP contribution in [0.3, 0.4) is 0 Å². The lowest BCUT2D eigenvalue weighted by Gasteiger charge is -2.20. The van der Waals surface area contributed by atoms with Gasteiger partial charge in [0.2, 0.25) is 11.7 Å². The second-order valence-corrected chi connectivity index (χ2v) is 5.61. The molecule has 0 spiro atoms. The van der Waals surface area contributed by atoms with Crippen molar-refractivity contribution in [2.75, 3.05) is 7.11 Å². The minimum atomic E-state index is 0.200. The fourth-order valence-corrected chi connectivity index (χ4v) is 2.43. The fourth-order valence-electron chi connectivity index (χ4n) is 2.43. The molecule has 0 aliphatic heterocycles. The summed E-state index contributed by atoms with van der Waals surface area (Å²) in [6, 6.07) is 9.94. The van der Waals surface area contributed by atoms with Crippen LogP contribution in [-0.4, -0.2) is 33.1 Å². The molecule has 7 heteroatoms. The molecule has 0 aliphatic carbocycles. The highest BCUT2D eigenvalue weighted by molar-refractivity contribution is 5.63. The molecule has 2 heterocycles. The number of benzene rings is 1. The van der Waals surface area contributed by atoms with Crippen LogP contribution in [0.4, 0.5) is 0 Å². The average molecular weight is 327 g/mol. The van der Waals surface area contributed by atoms with Gasteiger partial charge in [-0.1, -0.05) is 17.3 Å². The Morgan fingerprint density at radius 1 is 1.25 bits per heavy atom. The monoisotopic (exact) mass is 327 g/mol. The first kappa shape index (κ1) is 16.2. The molecule has 0 saturated heterocycles. The molecule has 0 amide bonds. The van der Waals surface area contributed by atoms with Crippen molar-refractivity contribution in [2.24, 2.45) is 0 Å². The highest BCUT2D eigenvalue weighted by atomic mass is 16.5. The Morgan fingerprint density at radius 2 is 2.08 bits per heavy atom. The molecule has 0 aliphatic rings. The summed E-state index contributed by atoms with van der Waals surface area (Å²) in [4.78, 5) is 4.44. The third kappa shape index (κ3) is 3.46. The lowest BCUT2D eigenvalue weighted by Crippen LogP contribution is -2.33. The van der Waals surface area contributed by atoms with Gasteiger partial charge in [0.25, 0.3) is 0 Å². The quantitative estimate of drug-likeness (QED) is 0.719. The molecule has 2 atom stereocenters. The van der Waals surface area contributed by atoms with E-state index in [4.69, 9.17) is 9.26 Å². The van der Waals surface area contributed by atoms with E-state index < -0.39 is 0 Å². The van der Waals surface area contributed by atoms with E-state index in [9.17, 15) is 0 Å². The number of nitrogens with one attached hydrogen (secondary N) is 1. The van der Waals surface area contributed by atoms with E-state index in [0.717, 1.165) is 11.3 Å². The van der Waals surface area contributed by atoms with Gasteiger partial charge in [0.05, 0.1) is 25.3 Å². The standard InChI is InChI=1S/C17H21N5O2/c1-12(13(2)22-10-6-9-19-22)18-11-16-20-17(21-24-16)14-7-4-5-8-15(14)23-3/h4-10,12-13,18H,11H2,1-3H3. The molecule has 0 radical (unpaired) electrons. The third-order valence-corrected chi connectivity index (χ3v) is 4.06. The van der Waals surface area contributed by atoms with Crippen LogP contribution in [0, 0.1) is 0 Å². The molecule has 2 unspecified atom stereocenters. The molecule has 2 aromatic heterocycles. The zero-order valence-corrected chi connectivity index (χ0v) is 14.0. The van der Waals surface area contributed by atoms with Crippen LogP contribution in [0.25, 0.3) is 11.4 Å². The second kappa shape index (κ2) is 7.27. The molecule has 126 valence electrons. The number of hydrogen-bond acceptors (Lipinski definition) is 6. The van der Waals surface area contributed by atoms with E-state index in [1.807, 2.05) is 41.2 Å². The van der Waals surface area contributed by atoms with Crippen molar-refractivity contribution in [3.05, 3.63) is 48.6 Å². The Hall–Kier alpha value is -2.67. The van der Waals surface area contributed by atoms with Crippen molar-refractivity contribution < 1.29 is 9.26 Å². The predicted molar refractivity (Wildman–Crippen MR) is 89.5 cm³/mol. The maximum absolute atomic E-state index is 5.34. The Kier molecular flexibility index (Phi) is 4.90. The van der Waals surface area contributed by atoms with Crippen LogP contribution in [0.2, 0.25) is 0 Å². The van der Waals surface area contributed by atoms with Gasteiger partial charge in [-0.15, -0.1) is 0 Å². The van der Waals surface area contributed by atoms with Crippen LogP contribution in [0.5, 0.6) is 5.75 Å². The second-order valence-electron chi connectivity index (χ2n) is 5.61. The summed E-state index contributed by atoms with van der Waals surface area (Å²) >= 11 is 0. The predicted octanol–water partition coefficient (Wildman–Crippen LogP) is 2.68. The summed E-state index contributed by atoms with van der Waals surface area (Å²) in [6.07, 6.45) is 3.73. The van der Waals surface area contributed by atoms with E-state index in [1.165, 1.54) is 0 Å². The number of para-hydroxylation sites is 1. The zero-order valence-electron chi connectivity index (χ0n) is 14.0. The molecule has 0 saturated carbocycles. The summed E-state index contributed by atoms with van der Waals surface area (Å²) in [7, 11) is 1.62. The lowest BCUT2D eigenvalue weighted by atomic mass is 10.2. The van der Waals surface area contributed by atoms with Crippen LogP contribution >= 0.6 is 0 Å². The van der Waals surface area contributed by atoms with Crippen LogP contribution in [0.15, 0.2) is 47.2 Å². The summed E-state index contributed by atoms with van der Waals surface area (Å²) in [6.45, 7) is 4.71. The Bertz CT molecular complexity index is 769. The topological polar surface area (TPSA) is 78.0 Å². The molecular formula is C17H21N5O2. The summed E-state index contributed by atoms with van der Waals surface area (Å²) in [5, 5.41) is 11.7. The Morgan fingerprint density at radius 3 is 2.83 bits per heavy atom. The highest BCUT2D eigenvalue weighted by Gasteiger charge is 2.16. The first-order valence-corrected chi connectivity index (χ1v) is 7.87. The van der Waals surface area contributed by atoms with Crippen molar-refractivity contribution in [3.8, 4) is 17.1 Å². The maximum atomic E-state index is 5.34. The van der Waals surface area contributed by atoms with Gasteiger partial charge in [-0.2, -0.15) is 10.1 Å². The average Bonchev–Trinajstić information content (AvgIpc) is 3.30. The number of rotatable bonds is 7. The number of nitrogens with zero attached hydrogens (tertiary/aromatic N) is 4. The van der Waals surface area contributed by atoms with Crippen LogP contribution in [-0.2, 0) is 6.54 Å². The molecule has 0 bridgehead atoms. The van der Waals surface area contributed by atoms with Crippen LogP contribution in [0.1, 0.15) is 25.8 Å². The summed E-state index contributed by atoms with van der Waals surface area (Å²) in [5.74, 6) is 1.78. The van der Waals surface area contributed by atoms with Gasteiger partial charge >= 0.3 is 0 Å². The molecule has 1 aromatic carbocycles. The van der Waals surface area contributed by atoms with Crippen molar-refractivity contribution in [1.29, 1.82) is 0 Å². The van der Waals surface area contributed by atoms with Gasteiger partial charge in [0.15, 0.2) is 0 Å². The number of aromatic nitrogens is 4.